The van der Waals surface area contributed by atoms with Crippen molar-refractivity contribution in [1.29, 1.82) is 0 Å². The molecular formula is C16H22O2STe. The number of rotatable bonds is 8. The molecule has 0 atom stereocenters. The van der Waals surface area contributed by atoms with Gasteiger partial charge < -0.3 is 0 Å². The Balaban J connectivity index is 2.84. The molecule has 0 aliphatic heterocycles. The number of hydrogen-bond donors (Lipinski definition) is 0. The van der Waals surface area contributed by atoms with Crippen LogP contribution in [0.25, 0.3) is 0 Å². The van der Waals surface area contributed by atoms with E-state index in [0.29, 0.717) is 6.61 Å². The van der Waals surface area contributed by atoms with Gasteiger partial charge in [0.05, 0.1) is 0 Å². The van der Waals surface area contributed by atoms with Crippen LogP contribution in [0.2, 0.25) is 4.47 Å². The summed E-state index contributed by atoms with van der Waals surface area (Å²) in [6.07, 6.45) is 2.48. The first-order valence-electron chi connectivity index (χ1n) is 6.92. The van der Waals surface area contributed by atoms with Crippen LogP contribution >= 0.6 is 11.8 Å². The van der Waals surface area contributed by atoms with Crippen LogP contribution in [0.4, 0.5) is 0 Å². The van der Waals surface area contributed by atoms with E-state index in [1.807, 2.05) is 37.3 Å². The topological polar surface area (TPSA) is 26.3 Å². The number of hydrogen-bond acceptors (Lipinski definition) is 3. The molecule has 0 spiro atoms. The average molecular weight is 406 g/mol. The van der Waals surface area contributed by atoms with Gasteiger partial charge in [0.2, 0.25) is 0 Å². The zero-order valence-corrected chi connectivity index (χ0v) is 15.5. The maximum absolute atomic E-state index is 12.1. The predicted octanol–water partition coefficient (Wildman–Crippen LogP) is 4.50. The number of allylic oxidation sites excluding steroid dienone is 1. The van der Waals surface area contributed by atoms with E-state index in [1.54, 1.807) is 11.8 Å². The van der Waals surface area contributed by atoms with Crippen LogP contribution < -0.4 is 0 Å². The normalized spacial score (nSPS) is 11.9. The summed E-state index contributed by atoms with van der Waals surface area (Å²) in [5, 5.41) is 0. The van der Waals surface area contributed by atoms with Gasteiger partial charge in [-0.3, -0.25) is 0 Å². The second-order valence-electron chi connectivity index (χ2n) is 4.22. The molecule has 1 aromatic carbocycles. The van der Waals surface area contributed by atoms with E-state index in [4.69, 9.17) is 4.74 Å². The standard InChI is InChI=1S/C16H22O2STe/c1-4-6-12-20-13(3)15(16(17)18-5-2)19-14-10-8-7-9-11-14/h7-11H,4-6,12H2,1-3H3/b15-13+. The molecule has 0 fully saturated rings. The molecule has 0 saturated carbocycles. The molecule has 0 aliphatic carbocycles. The number of carbonyl (C=O) groups is 1. The van der Waals surface area contributed by atoms with Gasteiger partial charge >= 0.3 is 137 Å². The SMILES string of the molecule is CCCC[Te]/C(C)=C(/Sc1ccccc1)C(=O)OCC. The van der Waals surface area contributed by atoms with Crippen LogP contribution in [-0.4, -0.2) is 33.5 Å². The Bertz CT molecular complexity index is 443. The predicted molar refractivity (Wildman–Crippen MR) is 87.1 cm³/mol. The molecule has 1 aromatic rings. The number of unbranched alkanes of at least 4 members (excludes halogenated alkanes) is 1. The fourth-order valence-electron chi connectivity index (χ4n) is 1.50. The monoisotopic (exact) mass is 408 g/mol. The van der Waals surface area contributed by atoms with E-state index in [0.717, 1.165) is 9.80 Å². The fourth-order valence-corrected chi connectivity index (χ4v) is 5.78. The molecule has 20 heavy (non-hydrogen) atoms. The second-order valence-corrected chi connectivity index (χ2v) is 9.04. The Kier molecular flexibility index (Phi) is 9.09. The molecular weight excluding hydrogens is 384 g/mol. The Morgan fingerprint density at radius 3 is 2.55 bits per heavy atom. The Labute approximate surface area is 136 Å². The molecule has 0 N–H and O–H groups in total. The van der Waals surface area contributed by atoms with Crippen LogP contribution in [-0.2, 0) is 9.53 Å². The number of thioether (sulfide) groups is 1. The van der Waals surface area contributed by atoms with Crippen molar-refractivity contribution in [3.05, 3.63) is 38.9 Å². The van der Waals surface area contributed by atoms with Crippen molar-refractivity contribution in [2.75, 3.05) is 6.61 Å². The average Bonchev–Trinajstić information content (AvgIpc) is 2.46. The molecule has 0 saturated heterocycles. The van der Waals surface area contributed by atoms with Crippen molar-refractivity contribution >= 4 is 38.7 Å². The summed E-state index contributed by atoms with van der Waals surface area (Å²) in [6.45, 7) is 6.59. The molecule has 0 amide bonds. The zero-order chi connectivity index (χ0) is 14.8. The zero-order valence-electron chi connectivity index (χ0n) is 12.3. The minimum absolute atomic E-state index is 0.166. The van der Waals surface area contributed by atoms with Crippen molar-refractivity contribution in [3.8, 4) is 0 Å². The number of ether oxygens (including phenoxy) is 1. The van der Waals surface area contributed by atoms with E-state index in [1.165, 1.54) is 20.9 Å². The number of carbonyl (C=O) groups excluding carboxylic acids is 1. The van der Waals surface area contributed by atoms with Gasteiger partial charge in [0.15, 0.2) is 0 Å². The number of esters is 1. The fraction of sp³-hybridized carbons (Fsp3) is 0.438. The summed E-state index contributed by atoms with van der Waals surface area (Å²) in [6, 6.07) is 10.0. The van der Waals surface area contributed by atoms with Gasteiger partial charge in [0.1, 0.15) is 0 Å². The van der Waals surface area contributed by atoms with Gasteiger partial charge in [0.25, 0.3) is 0 Å². The van der Waals surface area contributed by atoms with Gasteiger partial charge in [-0.1, -0.05) is 0 Å². The van der Waals surface area contributed by atoms with Crippen LogP contribution in [0.3, 0.4) is 0 Å². The van der Waals surface area contributed by atoms with Crippen molar-refractivity contribution in [3.63, 3.8) is 0 Å². The van der Waals surface area contributed by atoms with Gasteiger partial charge in [-0.25, -0.2) is 0 Å². The van der Waals surface area contributed by atoms with Gasteiger partial charge in [-0.15, -0.1) is 0 Å². The molecule has 4 heteroatoms. The summed E-state index contributed by atoms with van der Waals surface area (Å²) in [5.74, 6) is -0.166. The van der Waals surface area contributed by atoms with Crippen LogP contribution in [0, 0.1) is 0 Å². The summed E-state index contributed by atoms with van der Waals surface area (Å²) >= 11 is 1.28. The van der Waals surface area contributed by atoms with Crippen molar-refractivity contribution in [2.45, 2.75) is 43.0 Å². The molecule has 0 aliphatic rings. The molecule has 110 valence electrons. The van der Waals surface area contributed by atoms with Gasteiger partial charge in [-0.2, -0.15) is 0 Å². The van der Waals surface area contributed by atoms with Crippen molar-refractivity contribution < 1.29 is 9.53 Å². The molecule has 2 nitrogen and oxygen atoms in total. The van der Waals surface area contributed by atoms with Gasteiger partial charge in [0, 0.05) is 0 Å². The summed E-state index contributed by atoms with van der Waals surface area (Å²) in [4.78, 5) is 14.0. The van der Waals surface area contributed by atoms with E-state index in [2.05, 4.69) is 13.8 Å². The molecule has 0 radical (unpaired) electrons. The van der Waals surface area contributed by atoms with Gasteiger partial charge in [-0.05, 0) is 0 Å². The molecule has 1 rings (SSSR count). The second kappa shape index (κ2) is 10.3. The Hall–Kier alpha value is -0.430. The third-order valence-electron chi connectivity index (χ3n) is 2.56. The summed E-state index contributed by atoms with van der Waals surface area (Å²) in [7, 11) is 0. The summed E-state index contributed by atoms with van der Waals surface area (Å²) in [5.41, 5.74) is 0. The molecule has 0 aromatic heterocycles. The quantitative estimate of drug-likeness (QED) is 0.209. The molecule has 0 heterocycles. The third kappa shape index (κ3) is 6.35. The molecule has 0 unspecified atom stereocenters. The van der Waals surface area contributed by atoms with Crippen LogP contribution in [0.5, 0.6) is 0 Å². The van der Waals surface area contributed by atoms with E-state index in [-0.39, 0.29) is 26.9 Å². The van der Waals surface area contributed by atoms with E-state index in [9.17, 15) is 4.79 Å². The summed E-state index contributed by atoms with van der Waals surface area (Å²) < 4.78 is 7.72. The van der Waals surface area contributed by atoms with Crippen LogP contribution in [0.15, 0.2) is 43.8 Å². The Morgan fingerprint density at radius 1 is 1.25 bits per heavy atom. The number of benzene rings is 1. The third-order valence-corrected chi connectivity index (χ3v) is 7.37. The first kappa shape index (κ1) is 17.6. The minimum atomic E-state index is -0.257. The Morgan fingerprint density at radius 2 is 1.95 bits per heavy atom. The van der Waals surface area contributed by atoms with Crippen molar-refractivity contribution in [1.82, 2.24) is 0 Å². The first-order chi connectivity index (χ1) is 9.69. The van der Waals surface area contributed by atoms with Crippen LogP contribution in [0.1, 0.15) is 33.6 Å². The maximum atomic E-state index is 12.1. The first-order valence-corrected chi connectivity index (χ1v) is 10.6. The van der Waals surface area contributed by atoms with Crippen molar-refractivity contribution in [2.24, 2.45) is 0 Å². The molecule has 0 bridgehead atoms. The van der Waals surface area contributed by atoms with E-state index >= 15 is 0 Å². The van der Waals surface area contributed by atoms with E-state index < -0.39 is 0 Å².